The normalized spacial score (nSPS) is 22.4. The Morgan fingerprint density at radius 3 is 2.54 bits per heavy atom. The Morgan fingerprint density at radius 2 is 2.00 bits per heavy atom. The van der Waals surface area contributed by atoms with Crippen LogP contribution in [0.5, 0.6) is 0 Å². The number of hydrogen-bond acceptors (Lipinski definition) is 1. The van der Waals surface area contributed by atoms with E-state index < -0.39 is 0 Å². The number of rotatable bonds is 1. The molecule has 1 aliphatic rings. The lowest BCUT2D eigenvalue weighted by Gasteiger charge is -2.19. The number of amides is 1. The van der Waals surface area contributed by atoms with E-state index in [1.807, 2.05) is 30.1 Å². The zero-order valence-corrected chi connectivity index (χ0v) is 7.73. The van der Waals surface area contributed by atoms with Crippen molar-refractivity contribution in [2.45, 2.75) is 18.9 Å². The van der Waals surface area contributed by atoms with Gasteiger partial charge in [0.15, 0.2) is 0 Å². The first kappa shape index (κ1) is 8.30. The second-order valence-electron chi connectivity index (χ2n) is 3.47. The molecule has 0 aromatic heterocycles. The Labute approximate surface area is 78.2 Å². The van der Waals surface area contributed by atoms with Crippen molar-refractivity contribution in [3.05, 3.63) is 35.9 Å². The fourth-order valence-electron chi connectivity index (χ4n) is 1.87. The van der Waals surface area contributed by atoms with Crippen LogP contribution in [0.15, 0.2) is 30.3 Å². The SMILES string of the molecule is CN1C(=O)CC[C@@H]1c1ccccc1. The van der Waals surface area contributed by atoms with E-state index in [-0.39, 0.29) is 5.91 Å². The first-order valence-corrected chi connectivity index (χ1v) is 4.59. The zero-order valence-electron chi connectivity index (χ0n) is 7.73. The minimum Gasteiger partial charge on any atom is -0.339 e. The summed E-state index contributed by atoms with van der Waals surface area (Å²) in [6.07, 6.45) is 1.65. The first-order valence-electron chi connectivity index (χ1n) is 4.59. The second-order valence-corrected chi connectivity index (χ2v) is 3.47. The maximum Gasteiger partial charge on any atom is 0.222 e. The summed E-state index contributed by atoms with van der Waals surface area (Å²) >= 11 is 0. The van der Waals surface area contributed by atoms with Crippen LogP contribution < -0.4 is 0 Å². The summed E-state index contributed by atoms with van der Waals surface area (Å²) in [4.78, 5) is 13.1. The van der Waals surface area contributed by atoms with E-state index in [1.165, 1.54) is 5.56 Å². The van der Waals surface area contributed by atoms with E-state index >= 15 is 0 Å². The first-order chi connectivity index (χ1) is 6.29. The molecule has 0 saturated carbocycles. The Hall–Kier alpha value is -1.31. The standard InChI is InChI=1S/C11H13NO/c1-12-10(7-8-11(12)13)9-5-3-2-4-6-9/h2-6,10H,7-8H2,1H3/t10-/m1/s1. The monoisotopic (exact) mass is 175 g/mol. The lowest BCUT2D eigenvalue weighted by atomic mass is 10.1. The average Bonchev–Trinajstić information content (AvgIpc) is 2.49. The summed E-state index contributed by atoms with van der Waals surface area (Å²) in [5, 5.41) is 0. The summed E-state index contributed by atoms with van der Waals surface area (Å²) in [6.45, 7) is 0. The molecule has 1 atom stereocenters. The number of nitrogens with zero attached hydrogens (tertiary/aromatic N) is 1. The van der Waals surface area contributed by atoms with Crippen LogP contribution in [0, 0.1) is 0 Å². The molecule has 2 heteroatoms. The quantitative estimate of drug-likeness (QED) is 0.639. The van der Waals surface area contributed by atoms with Crippen molar-refractivity contribution in [2.24, 2.45) is 0 Å². The molecule has 13 heavy (non-hydrogen) atoms. The summed E-state index contributed by atoms with van der Waals surface area (Å²) < 4.78 is 0. The number of benzene rings is 1. The van der Waals surface area contributed by atoms with Crippen molar-refractivity contribution >= 4 is 5.91 Å². The van der Waals surface area contributed by atoms with Gasteiger partial charge in [-0.05, 0) is 12.0 Å². The van der Waals surface area contributed by atoms with Gasteiger partial charge in [-0.3, -0.25) is 4.79 Å². The van der Waals surface area contributed by atoms with Crippen molar-refractivity contribution < 1.29 is 4.79 Å². The minimum absolute atomic E-state index is 0.258. The molecule has 1 aromatic carbocycles. The lowest BCUT2D eigenvalue weighted by molar-refractivity contribution is -0.127. The molecule has 1 saturated heterocycles. The van der Waals surface area contributed by atoms with Gasteiger partial charge in [-0.15, -0.1) is 0 Å². The van der Waals surface area contributed by atoms with Crippen LogP contribution in [0.2, 0.25) is 0 Å². The minimum atomic E-state index is 0.258. The highest BCUT2D eigenvalue weighted by Gasteiger charge is 2.28. The van der Waals surface area contributed by atoms with Gasteiger partial charge in [-0.25, -0.2) is 0 Å². The van der Waals surface area contributed by atoms with Gasteiger partial charge in [0.25, 0.3) is 0 Å². The van der Waals surface area contributed by atoms with E-state index in [4.69, 9.17) is 0 Å². The van der Waals surface area contributed by atoms with Crippen molar-refractivity contribution in [1.29, 1.82) is 0 Å². The molecule has 1 heterocycles. The van der Waals surface area contributed by atoms with E-state index in [2.05, 4.69) is 12.1 Å². The van der Waals surface area contributed by atoms with E-state index in [0.29, 0.717) is 12.5 Å². The van der Waals surface area contributed by atoms with Gasteiger partial charge in [-0.2, -0.15) is 0 Å². The molecule has 68 valence electrons. The van der Waals surface area contributed by atoms with Crippen LogP contribution in [-0.2, 0) is 4.79 Å². The molecule has 2 rings (SSSR count). The molecule has 1 fully saturated rings. The fraction of sp³-hybridized carbons (Fsp3) is 0.364. The molecular formula is C11H13NO. The summed E-state index contributed by atoms with van der Waals surface area (Å²) in [7, 11) is 1.88. The zero-order chi connectivity index (χ0) is 9.26. The fourth-order valence-corrected chi connectivity index (χ4v) is 1.87. The highest BCUT2D eigenvalue weighted by atomic mass is 16.2. The third-order valence-corrected chi connectivity index (χ3v) is 2.68. The predicted octanol–water partition coefficient (Wildman–Crippen LogP) is 1.98. The second kappa shape index (κ2) is 3.21. The highest BCUT2D eigenvalue weighted by molar-refractivity contribution is 5.78. The third-order valence-electron chi connectivity index (χ3n) is 2.68. The third kappa shape index (κ3) is 1.44. The van der Waals surface area contributed by atoms with Crippen molar-refractivity contribution in [3.8, 4) is 0 Å². The van der Waals surface area contributed by atoms with Gasteiger partial charge in [0.2, 0.25) is 5.91 Å². The largest absolute Gasteiger partial charge is 0.339 e. The molecule has 1 aliphatic heterocycles. The lowest BCUT2D eigenvalue weighted by Crippen LogP contribution is -2.22. The molecule has 0 bridgehead atoms. The highest BCUT2D eigenvalue weighted by Crippen LogP contribution is 2.30. The summed E-state index contributed by atoms with van der Waals surface area (Å²) in [6, 6.07) is 10.5. The summed E-state index contributed by atoms with van der Waals surface area (Å²) in [5.41, 5.74) is 1.25. The molecule has 1 aromatic rings. The summed E-state index contributed by atoms with van der Waals surface area (Å²) in [5.74, 6) is 0.258. The van der Waals surface area contributed by atoms with Gasteiger partial charge in [-0.1, -0.05) is 30.3 Å². The molecule has 0 N–H and O–H groups in total. The van der Waals surface area contributed by atoms with Crippen molar-refractivity contribution in [3.63, 3.8) is 0 Å². The van der Waals surface area contributed by atoms with E-state index in [1.54, 1.807) is 0 Å². The molecule has 0 aliphatic carbocycles. The number of carbonyl (C=O) groups is 1. The maximum absolute atomic E-state index is 11.3. The Kier molecular flexibility index (Phi) is 2.05. The van der Waals surface area contributed by atoms with Crippen molar-refractivity contribution in [1.82, 2.24) is 4.90 Å². The van der Waals surface area contributed by atoms with E-state index in [9.17, 15) is 4.79 Å². The van der Waals surface area contributed by atoms with Crippen LogP contribution in [0.25, 0.3) is 0 Å². The molecule has 0 unspecified atom stereocenters. The molecule has 2 nitrogen and oxygen atoms in total. The molecule has 0 spiro atoms. The van der Waals surface area contributed by atoms with Crippen LogP contribution in [-0.4, -0.2) is 17.9 Å². The molecule has 1 amide bonds. The van der Waals surface area contributed by atoms with Crippen molar-refractivity contribution in [2.75, 3.05) is 7.05 Å². The Morgan fingerprint density at radius 1 is 1.31 bits per heavy atom. The van der Waals surface area contributed by atoms with Gasteiger partial charge in [0.05, 0.1) is 6.04 Å². The van der Waals surface area contributed by atoms with Gasteiger partial charge in [0.1, 0.15) is 0 Å². The topological polar surface area (TPSA) is 20.3 Å². The van der Waals surface area contributed by atoms with Gasteiger partial charge in [0, 0.05) is 13.5 Å². The number of likely N-dealkylation sites (tertiary alicyclic amines) is 1. The van der Waals surface area contributed by atoms with Gasteiger partial charge < -0.3 is 4.90 Å². The maximum atomic E-state index is 11.3. The predicted molar refractivity (Wildman–Crippen MR) is 51.2 cm³/mol. The Balaban J connectivity index is 2.24. The van der Waals surface area contributed by atoms with Crippen LogP contribution in [0.4, 0.5) is 0 Å². The smallest absolute Gasteiger partial charge is 0.222 e. The van der Waals surface area contributed by atoms with Crippen LogP contribution >= 0.6 is 0 Å². The molecule has 0 radical (unpaired) electrons. The average molecular weight is 175 g/mol. The van der Waals surface area contributed by atoms with Gasteiger partial charge >= 0.3 is 0 Å². The van der Waals surface area contributed by atoms with Crippen LogP contribution in [0.1, 0.15) is 24.4 Å². The molecular weight excluding hydrogens is 162 g/mol. The number of hydrogen-bond donors (Lipinski definition) is 0. The Bertz CT molecular complexity index is 307. The number of carbonyl (C=O) groups excluding carboxylic acids is 1. The van der Waals surface area contributed by atoms with E-state index in [0.717, 1.165) is 6.42 Å². The van der Waals surface area contributed by atoms with Crippen LogP contribution in [0.3, 0.4) is 0 Å².